The molecule has 0 bridgehead atoms. The van der Waals surface area contributed by atoms with Crippen LogP contribution >= 0.6 is 0 Å². The number of nitrogens with one attached hydrogen (secondary N) is 1. The van der Waals surface area contributed by atoms with E-state index in [1.807, 2.05) is 24.3 Å². The van der Waals surface area contributed by atoms with Gasteiger partial charge in [0.2, 0.25) is 6.41 Å². The zero-order chi connectivity index (χ0) is 8.81. The fourth-order valence-corrected chi connectivity index (χ4v) is 0.862. The van der Waals surface area contributed by atoms with Crippen molar-refractivity contribution in [2.24, 2.45) is 0 Å². The number of hydrogen-bond donors (Lipinski definition) is 1. The minimum atomic E-state index is 0.653. The molecule has 1 aromatic rings. The van der Waals surface area contributed by atoms with Crippen LogP contribution in [-0.2, 0) is 4.79 Å². The molecule has 12 heavy (non-hydrogen) atoms. The van der Waals surface area contributed by atoms with Gasteiger partial charge in [-0.3, -0.25) is 4.79 Å². The number of carbonyl (C=O) groups excluding carboxylic acids is 1. The van der Waals surface area contributed by atoms with E-state index >= 15 is 0 Å². The quantitative estimate of drug-likeness (QED) is 0.515. The molecule has 1 N–H and O–H groups in total. The van der Waals surface area contributed by atoms with E-state index in [0.29, 0.717) is 6.41 Å². The Balaban J connectivity index is 2.82. The summed E-state index contributed by atoms with van der Waals surface area (Å²) in [5.41, 5.74) is 1.74. The van der Waals surface area contributed by atoms with Gasteiger partial charge in [0.15, 0.2) is 0 Å². The molecule has 0 spiro atoms. The average Bonchev–Trinajstić information content (AvgIpc) is 2.09. The van der Waals surface area contributed by atoms with Gasteiger partial charge in [-0.1, -0.05) is 5.92 Å². The number of rotatable bonds is 2. The standard InChI is InChI=1S/C10H9NO/c1-2-3-9-4-6-10(7-5-9)11-8-12/h4-8H,1H3,(H,11,12). The normalized spacial score (nSPS) is 8.08. The molecule has 0 aromatic heterocycles. The average molecular weight is 159 g/mol. The molecular weight excluding hydrogens is 150 g/mol. The monoisotopic (exact) mass is 159 g/mol. The SMILES string of the molecule is CC#Cc1ccc(NC=O)cc1. The molecule has 0 radical (unpaired) electrons. The molecule has 2 heteroatoms. The van der Waals surface area contributed by atoms with Crippen molar-refractivity contribution in [2.45, 2.75) is 6.92 Å². The van der Waals surface area contributed by atoms with Gasteiger partial charge in [-0.15, -0.1) is 5.92 Å². The maximum Gasteiger partial charge on any atom is 0.211 e. The number of benzene rings is 1. The Morgan fingerprint density at radius 1 is 1.33 bits per heavy atom. The highest BCUT2D eigenvalue weighted by atomic mass is 16.1. The van der Waals surface area contributed by atoms with Crippen molar-refractivity contribution in [2.75, 3.05) is 5.32 Å². The zero-order valence-electron chi connectivity index (χ0n) is 6.79. The van der Waals surface area contributed by atoms with Gasteiger partial charge < -0.3 is 5.32 Å². The number of hydrogen-bond acceptors (Lipinski definition) is 1. The van der Waals surface area contributed by atoms with E-state index in [9.17, 15) is 4.79 Å². The fraction of sp³-hybridized carbons (Fsp3) is 0.100. The summed E-state index contributed by atoms with van der Waals surface area (Å²) in [4.78, 5) is 10.0. The van der Waals surface area contributed by atoms with E-state index in [1.165, 1.54) is 0 Å². The van der Waals surface area contributed by atoms with E-state index in [0.717, 1.165) is 11.3 Å². The summed E-state index contributed by atoms with van der Waals surface area (Å²) in [7, 11) is 0. The second kappa shape index (κ2) is 4.20. The lowest BCUT2D eigenvalue weighted by Crippen LogP contribution is -1.92. The van der Waals surface area contributed by atoms with Crippen molar-refractivity contribution in [1.82, 2.24) is 0 Å². The number of amides is 1. The first-order valence-electron chi connectivity index (χ1n) is 3.60. The van der Waals surface area contributed by atoms with E-state index < -0.39 is 0 Å². The second-order valence-electron chi connectivity index (χ2n) is 2.21. The summed E-state index contributed by atoms with van der Waals surface area (Å²) in [5, 5.41) is 2.55. The summed E-state index contributed by atoms with van der Waals surface area (Å²) >= 11 is 0. The van der Waals surface area contributed by atoms with Gasteiger partial charge in [0.1, 0.15) is 0 Å². The first-order chi connectivity index (χ1) is 5.86. The molecule has 0 fully saturated rings. The van der Waals surface area contributed by atoms with Gasteiger partial charge in [-0.05, 0) is 31.2 Å². The van der Waals surface area contributed by atoms with Crippen LogP contribution in [0.2, 0.25) is 0 Å². The molecule has 0 aliphatic heterocycles. The second-order valence-corrected chi connectivity index (χ2v) is 2.21. The van der Waals surface area contributed by atoms with Crippen LogP contribution in [0.15, 0.2) is 24.3 Å². The van der Waals surface area contributed by atoms with Crippen molar-refractivity contribution in [1.29, 1.82) is 0 Å². The van der Waals surface area contributed by atoms with Gasteiger partial charge in [0.05, 0.1) is 0 Å². The van der Waals surface area contributed by atoms with Gasteiger partial charge in [-0.25, -0.2) is 0 Å². The summed E-state index contributed by atoms with van der Waals surface area (Å²) in [6.07, 6.45) is 0.653. The predicted octanol–water partition coefficient (Wildman–Crippen LogP) is 1.63. The Labute approximate surface area is 71.6 Å². The molecule has 0 aliphatic rings. The first kappa shape index (κ1) is 8.35. The molecular formula is C10H9NO. The predicted molar refractivity (Wildman–Crippen MR) is 48.7 cm³/mol. The Kier molecular flexibility index (Phi) is 2.92. The van der Waals surface area contributed by atoms with Gasteiger partial charge >= 0.3 is 0 Å². The van der Waals surface area contributed by atoms with E-state index in [2.05, 4.69) is 17.2 Å². The summed E-state index contributed by atoms with van der Waals surface area (Å²) in [6, 6.07) is 7.35. The highest BCUT2D eigenvalue weighted by Crippen LogP contribution is 2.06. The molecule has 0 saturated heterocycles. The smallest absolute Gasteiger partial charge is 0.211 e. The third kappa shape index (κ3) is 2.14. The molecule has 1 aromatic carbocycles. The molecule has 2 nitrogen and oxygen atoms in total. The van der Waals surface area contributed by atoms with Crippen LogP contribution in [0.25, 0.3) is 0 Å². The Hall–Kier alpha value is -1.75. The van der Waals surface area contributed by atoms with Crippen LogP contribution in [0, 0.1) is 11.8 Å². The van der Waals surface area contributed by atoms with Crippen molar-refractivity contribution in [3.8, 4) is 11.8 Å². The largest absolute Gasteiger partial charge is 0.329 e. The van der Waals surface area contributed by atoms with Crippen LogP contribution in [0.3, 0.4) is 0 Å². The van der Waals surface area contributed by atoms with Crippen molar-refractivity contribution in [3.63, 3.8) is 0 Å². The molecule has 0 unspecified atom stereocenters. The van der Waals surface area contributed by atoms with E-state index in [1.54, 1.807) is 6.92 Å². The van der Waals surface area contributed by atoms with Crippen LogP contribution in [-0.4, -0.2) is 6.41 Å². The lowest BCUT2D eigenvalue weighted by molar-refractivity contribution is -0.105. The molecule has 0 heterocycles. The van der Waals surface area contributed by atoms with Gasteiger partial charge in [-0.2, -0.15) is 0 Å². The Bertz CT molecular complexity index is 316. The van der Waals surface area contributed by atoms with Crippen LogP contribution in [0.4, 0.5) is 5.69 Å². The molecule has 1 amide bonds. The summed E-state index contributed by atoms with van der Waals surface area (Å²) in [6.45, 7) is 1.79. The van der Waals surface area contributed by atoms with E-state index in [-0.39, 0.29) is 0 Å². The van der Waals surface area contributed by atoms with Crippen molar-refractivity contribution < 1.29 is 4.79 Å². The number of anilines is 1. The van der Waals surface area contributed by atoms with E-state index in [4.69, 9.17) is 0 Å². The molecule has 0 aliphatic carbocycles. The van der Waals surface area contributed by atoms with Crippen LogP contribution in [0.1, 0.15) is 12.5 Å². The third-order valence-corrected chi connectivity index (χ3v) is 1.38. The zero-order valence-corrected chi connectivity index (χ0v) is 6.79. The highest BCUT2D eigenvalue weighted by Gasteiger charge is 1.88. The minimum Gasteiger partial charge on any atom is -0.329 e. The van der Waals surface area contributed by atoms with Gasteiger partial charge in [0.25, 0.3) is 0 Å². The topological polar surface area (TPSA) is 29.1 Å². The van der Waals surface area contributed by atoms with Crippen molar-refractivity contribution in [3.05, 3.63) is 29.8 Å². The third-order valence-electron chi connectivity index (χ3n) is 1.38. The maximum atomic E-state index is 10.0. The lowest BCUT2D eigenvalue weighted by Gasteiger charge is -1.96. The first-order valence-corrected chi connectivity index (χ1v) is 3.60. The maximum absolute atomic E-state index is 10.0. The molecule has 1 rings (SSSR count). The molecule has 0 atom stereocenters. The minimum absolute atomic E-state index is 0.653. The van der Waals surface area contributed by atoms with Crippen LogP contribution in [0.5, 0.6) is 0 Å². The fourth-order valence-electron chi connectivity index (χ4n) is 0.862. The summed E-state index contributed by atoms with van der Waals surface area (Å²) < 4.78 is 0. The molecule has 60 valence electrons. The van der Waals surface area contributed by atoms with Gasteiger partial charge in [0, 0.05) is 11.3 Å². The molecule has 0 saturated carbocycles. The number of carbonyl (C=O) groups is 1. The van der Waals surface area contributed by atoms with Crippen molar-refractivity contribution >= 4 is 12.1 Å². The highest BCUT2D eigenvalue weighted by molar-refractivity contribution is 5.71. The lowest BCUT2D eigenvalue weighted by atomic mass is 10.2. The Morgan fingerprint density at radius 3 is 2.50 bits per heavy atom. The summed E-state index contributed by atoms with van der Waals surface area (Å²) in [5.74, 6) is 5.71. The van der Waals surface area contributed by atoms with Crippen LogP contribution < -0.4 is 5.32 Å². The Morgan fingerprint density at radius 2 is 2.00 bits per heavy atom.